The summed E-state index contributed by atoms with van der Waals surface area (Å²) in [6.45, 7) is 5.48. The summed E-state index contributed by atoms with van der Waals surface area (Å²) in [5.41, 5.74) is 2.35. The molecule has 7 heteroatoms. The fourth-order valence-electron chi connectivity index (χ4n) is 3.30. The third kappa shape index (κ3) is 3.91. The lowest BCUT2D eigenvalue weighted by molar-refractivity contribution is -0.629. The summed E-state index contributed by atoms with van der Waals surface area (Å²) >= 11 is 6.53. The number of H-pyrrole nitrogens is 1. The molecule has 0 spiro atoms. The van der Waals surface area contributed by atoms with Gasteiger partial charge in [-0.15, -0.1) is 0 Å². The quantitative estimate of drug-likeness (QED) is 0.317. The molecule has 0 saturated heterocycles. The van der Waals surface area contributed by atoms with E-state index < -0.39 is 6.10 Å². The summed E-state index contributed by atoms with van der Waals surface area (Å²) in [6, 6.07) is 15.5. The fraction of sp³-hybridized carbons (Fsp3) is 0.130. The van der Waals surface area contributed by atoms with Gasteiger partial charge in [0.15, 0.2) is 0 Å². The lowest BCUT2D eigenvalue weighted by Gasteiger charge is -2.23. The van der Waals surface area contributed by atoms with Gasteiger partial charge in [-0.25, -0.2) is 8.78 Å². The Morgan fingerprint density at radius 3 is 2.30 bits per heavy atom. The van der Waals surface area contributed by atoms with Crippen molar-refractivity contribution >= 4 is 29.2 Å². The number of fused-ring (bicyclic) bond motifs is 1. The summed E-state index contributed by atoms with van der Waals surface area (Å²) in [7, 11) is 0. The highest BCUT2D eigenvalue weighted by Crippen LogP contribution is 2.34. The average Bonchev–Trinajstić information content (AvgIpc) is 3.15. The molecule has 0 amide bonds. The standard InChI is InChI=1S/C23H18ClF2N3O/c1-14(27-2)23(15-3-5-17(25)6-4-15)30-22-11-16-13-28-29(21(16)12-20(22)24)19-9-7-18(26)8-10-19/h3-14,23H,2H2,1H3/p+1. The Hall–Kier alpha value is -3.25. The van der Waals surface area contributed by atoms with Crippen molar-refractivity contribution in [2.75, 3.05) is 0 Å². The first-order valence-electron chi connectivity index (χ1n) is 9.33. The highest BCUT2D eigenvalue weighted by molar-refractivity contribution is 6.32. The van der Waals surface area contributed by atoms with Crippen molar-refractivity contribution in [2.45, 2.75) is 19.1 Å². The Balaban J connectivity index is 1.71. The highest BCUT2D eigenvalue weighted by atomic mass is 35.5. The SMILES string of the molecule is C=NC(C)C(Oc1cc2c[nH][n+](-c3ccc(F)cc3)c2cc1Cl)c1ccc(F)cc1. The van der Waals surface area contributed by atoms with Crippen molar-refractivity contribution in [3.8, 4) is 11.4 Å². The molecule has 2 unspecified atom stereocenters. The number of aromatic amines is 1. The van der Waals surface area contributed by atoms with Crippen molar-refractivity contribution in [2.24, 2.45) is 4.99 Å². The summed E-state index contributed by atoms with van der Waals surface area (Å²) in [5.74, 6) is -0.159. The number of nitrogens with zero attached hydrogens (tertiary/aromatic N) is 2. The van der Waals surface area contributed by atoms with Crippen molar-refractivity contribution < 1.29 is 18.2 Å². The van der Waals surface area contributed by atoms with Crippen LogP contribution < -0.4 is 9.42 Å². The van der Waals surface area contributed by atoms with Gasteiger partial charge in [0.25, 0.3) is 0 Å². The van der Waals surface area contributed by atoms with E-state index in [1.807, 2.05) is 19.2 Å². The number of rotatable bonds is 6. The number of hydrogen-bond acceptors (Lipinski definition) is 2. The fourth-order valence-corrected chi connectivity index (χ4v) is 3.50. The Labute approximate surface area is 177 Å². The van der Waals surface area contributed by atoms with E-state index in [1.165, 1.54) is 24.3 Å². The Morgan fingerprint density at radius 1 is 1.03 bits per heavy atom. The van der Waals surface area contributed by atoms with E-state index >= 15 is 0 Å². The Morgan fingerprint density at radius 2 is 1.67 bits per heavy atom. The number of ether oxygens (including phenoxy) is 1. The molecule has 4 rings (SSSR count). The van der Waals surface area contributed by atoms with Crippen LogP contribution in [0.5, 0.6) is 5.75 Å². The van der Waals surface area contributed by atoms with E-state index in [0.717, 1.165) is 22.2 Å². The molecule has 4 aromatic rings. The number of nitrogens with one attached hydrogen (secondary N) is 1. The molecule has 3 aromatic carbocycles. The zero-order chi connectivity index (χ0) is 21.3. The van der Waals surface area contributed by atoms with Crippen molar-refractivity contribution in [1.82, 2.24) is 5.10 Å². The molecule has 152 valence electrons. The van der Waals surface area contributed by atoms with Crippen molar-refractivity contribution in [1.29, 1.82) is 0 Å². The Kier molecular flexibility index (Phi) is 5.50. The third-order valence-corrected chi connectivity index (χ3v) is 5.23. The molecule has 0 aliphatic carbocycles. The maximum Gasteiger partial charge on any atom is 0.246 e. The van der Waals surface area contributed by atoms with Crippen LogP contribution in [-0.2, 0) is 0 Å². The summed E-state index contributed by atoms with van der Waals surface area (Å²) in [5, 5.41) is 4.40. The van der Waals surface area contributed by atoms with E-state index in [9.17, 15) is 8.78 Å². The van der Waals surface area contributed by atoms with Gasteiger partial charge in [-0.1, -0.05) is 28.4 Å². The minimum absolute atomic E-state index is 0.280. The Bertz CT molecular complexity index is 1190. The van der Waals surface area contributed by atoms with Crippen LogP contribution in [0.25, 0.3) is 16.6 Å². The van der Waals surface area contributed by atoms with Crippen molar-refractivity contribution in [3.63, 3.8) is 0 Å². The number of benzene rings is 3. The van der Waals surface area contributed by atoms with Crippen LogP contribution in [0, 0.1) is 11.6 Å². The molecule has 0 saturated carbocycles. The zero-order valence-corrected chi connectivity index (χ0v) is 16.9. The lowest BCUT2D eigenvalue weighted by atomic mass is 10.0. The maximum absolute atomic E-state index is 13.3. The molecule has 1 aromatic heterocycles. The van der Waals surface area contributed by atoms with Crippen LogP contribution in [0.4, 0.5) is 8.78 Å². The van der Waals surface area contributed by atoms with Crippen molar-refractivity contribution in [3.05, 3.63) is 89.1 Å². The normalized spacial score (nSPS) is 13.2. The molecule has 0 aliphatic rings. The summed E-state index contributed by atoms with van der Waals surface area (Å²) < 4.78 is 34.6. The first-order valence-corrected chi connectivity index (χ1v) is 9.70. The molecular formula is C23H19ClF2N3O+. The molecule has 0 aliphatic heterocycles. The summed E-state index contributed by atoms with van der Waals surface area (Å²) in [4.78, 5) is 4.07. The maximum atomic E-state index is 13.3. The van der Waals surface area contributed by atoms with E-state index in [-0.39, 0.29) is 17.7 Å². The molecule has 30 heavy (non-hydrogen) atoms. The molecule has 0 bridgehead atoms. The van der Waals surface area contributed by atoms with Crippen LogP contribution in [-0.4, -0.2) is 17.9 Å². The number of aliphatic imine (C=N–C) groups is 1. The van der Waals surface area contributed by atoms with E-state index in [2.05, 4.69) is 16.8 Å². The van der Waals surface area contributed by atoms with Crippen LogP contribution in [0.15, 0.2) is 71.9 Å². The van der Waals surface area contributed by atoms with Gasteiger partial charge in [0, 0.05) is 18.2 Å². The van der Waals surface area contributed by atoms with Crippen LogP contribution in [0.2, 0.25) is 5.02 Å². The molecule has 2 atom stereocenters. The second-order valence-electron chi connectivity index (χ2n) is 6.94. The number of halogens is 3. The van der Waals surface area contributed by atoms with Gasteiger partial charge in [-0.05, 0) is 49.5 Å². The topological polar surface area (TPSA) is 41.3 Å². The van der Waals surface area contributed by atoms with Gasteiger partial charge in [0.05, 0.1) is 22.6 Å². The van der Waals surface area contributed by atoms with E-state index in [4.69, 9.17) is 16.3 Å². The zero-order valence-electron chi connectivity index (χ0n) is 16.1. The summed E-state index contributed by atoms with van der Waals surface area (Å²) in [6.07, 6.45) is 1.32. The predicted molar refractivity (Wildman–Crippen MR) is 114 cm³/mol. The molecule has 1 heterocycles. The van der Waals surface area contributed by atoms with Crippen LogP contribution in [0.1, 0.15) is 18.6 Å². The monoisotopic (exact) mass is 426 g/mol. The largest absolute Gasteiger partial charge is 0.482 e. The van der Waals surface area contributed by atoms with E-state index in [1.54, 1.807) is 35.0 Å². The van der Waals surface area contributed by atoms with Gasteiger partial charge in [0.1, 0.15) is 23.5 Å². The number of hydrogen-bond donors (Lipinski definition) is 1. The smallest absolute Gasteiger partial charge is 0.246 e. The first-order chi connectivity index (χ1) is 14.5. The van der Waals surface area contributed by atoms with Gasteiger partial charge in [0.2, 0.25) is 11.2 Å². The molecule has 0 radical (unpaired) electrons. The van der Waals surface area contributed by atoms with Crippen LogP contribution >= 0.6 is 11.6 Å². The minimum Gasteiger partial charge on any atom is -0.482 e. The molecule has 0 fully saturated rings. The number of aromatic nitrogens is 2. The second-order valence-corrected chi connectivity index (χ2v) is 7.35. The van der Waals surface area contributed by atoms with Crippen LogP contribution in [0.3, 0.4) is 0 Å². The molecular weight excluding hydrogens is 408 g/mol. The van der Waals surface area contributed by atoms with Gasteiger partial charge in [-0.2, -0.15) is 5.10 Å². The molecule has 4 nitrogen and oxygen atoms in total. The van der Waals surface area contributed by atoms with Gasteiger partial charge < -0.3 is 4.74 Å². The third-order valence-electron chi connectivity index (χ3n) is 4.93. The molecule has 1 N–H and O–H groups in total. The minimum atomic E-state index is -0.485. The lowest BCUT2D eigenvalue weighted by Crippen LogP contribution is -2.32. The average molecular weight is 427 g/mol. The van der Waals surface area contributed by atoms with E-state index in [0.29, 0.717) is 10.8 Å². The predicted octanol–water partition coefficient (Wildman–Crippen LogP) is 5.59. The first kappa shape index (κ1) is 20.0. The highest BCUT2D eigenvalue weighted by Gasteiger charge is 2.24. The van der Waals surface area contributed by atoms with Gasteiger partial charge in [-0.3, -0.25) is 4.99 Å². The second kappa shape index (κ2) is 8.24. The van der Waals surface area contributed by atoms with Gasteiger partial charge >= 0.3 is 0 Å².